The highest BCUT2D eigenvalue weighted by Crippen LogP contribution is 2.25. The minimum Gasteiger partial charge on any atom is -0.344 e. The normalized spacial score (nSPS) is 16.2. The van der Waals surface area contributed by atoms with E-state index in [1.54, 1.807) is 0 Å². The lowest BCUT2D eigenvalue weighted by Gasteiger charge is -2.34. The maximum absolute atomic E-state index is 12.9. The van der Waals surface area contributed by atoms with Crippen LogP contribution in [0.25, 0.3) is 0 Å². The molecule has 1 fully saturated rings. The Hall–Kier alpha value is -2.37. The van der Waals surface area contributed by atoms with Gasteiger partial charge in [-0.15, -0.1) is 0 Å². The number of carbonyl (C=O) groups excluding carboxylic acids is 2. The second-order valence-corrected chi connectivity index (χ2v) is 9.00. The number of amides is 2. The van der Waals surface area contributed by atoms with E-state index in [1.165, 1.54) is 0 Å². The Labute approximate surface area is 190 Å². The molecule has 31 heavy (non-hydrogen) atoms. The monoisotopic (exact) mass is 441 g/mol. The van der Waals surface area contributed by atoms with Gasteiger partial charge in [0.25, 0.3) is 0 Å². The van der Waals surface area contributed by atoms with Crippen LogP contribution in [-0.4, -0.2) is 54.3 Å². The quantitative estimate of drug-likeness (QED) is 0.703. The average molecular weight is 442 g/mol. The summed E-state index contributed by atoms with van der Waals surface area (Å²) in [6.45, 7) is 5.89. The summed E-state index contributed by atoms with van der Waals surface area (Å²) in [5.41, 5.74) is 1.97. The van der Waals surface area contributed by atoms with Crippen LogP contribution in [0.15, 0.2) is 54.6 Å². The van der Waals surface area contributed by atoms with Crippen molar-refractivity contribution in [2.45, 2.75) is 38.8 Å². The molecule has 1 heterocycles. The van der Waals surface area contributed by atoms with Crippen LogP contribution in [0.2, 0.25) is 5.02 Å². The minimum absolute atomic E-state index is 0.0297. The molecule has 0 saturated carbocycles. The zero-order chi connectivity index (χ0) is 22.4. The summed E-state index contributed by atoms with van der Waals surface area (Å²) in [6, 6.07) is 17.5. The Balaban J connectivity index is 1.60. The summed E-state index contributed by atoms with van der Waals surface area (Å²) in [6.07, 6.45) is 1.58. The van der Waals surface area contributed by atoms with Gasteiger partial charge in [-0.25, -0.2) is 0 Å². The third-order valence-electron chi connectivity index (χ3n) is 6.05. The van der Waals surface area contributed by atoms with Crippen LogP contribution in [-0.2, 0) is 9.59 Å². The van der Waals surface area contributed by atoms with Gasteiger partial charge in [0, 0.05) is 24.0 Å². The zero-order valence-corrected chi connectivity index (χ0v) is 19.3. The molecule has 1 atom stereocenters. The number of nitrogens with zero attached hydrogens (tertiary/aromatic N) is 2. The van der Waals surface area contributed by atoms with E-state index in [4.69, 9.17) is 11.6 Å². The van der Waals surface area contributed by atoms with E-state index in [0.717, 1.165) is 37.1 Å². The number of nitrogens with one attached hydrogen (secondary N) is 1. The predicted octanol–water partition coefficient (Wildman–Crippen LogP) is 4.12. The molecule has 3 rings (SSSR count). The fourth-order valence-corrected chi connectivity index (χ4v) is 4.18. The maximum Gasteiger partial charge on any atom is 0.234 e. The van der Waals surface area contributed by atoms with Crippen LogP contribution in [0.4, 0.5) is 0 Å². The second kappa shape index (κ2) is 10.8. The molecule has 1 unspecified atom stereocenters. The van der Waals surface area contributed by atoms with Crippen molar-refractivity contribution in [3.8, 4) is 0 Å². The molecule has 166 valence electrons. The number of hydrogen-bond acceptors (Lipinski definition) is 3. The molecule has 2 aromatic carbocycles. The van der Waals surface area contributed by atoms with Gasteiger partial charge in [-0.1, -0.05) is 54.1 Å². The number of benzene rings is 2. The van der Waals surface area contributed by atoms with Gasteiger partial charge in [0.15, 0.2) is 0 Å². The van der Waals surface area contributed by atoms with Crippen molar-refractivity contribution in [2.24, 2.45) is 5.92 Å². The van der Waals surface area contributed by atoms with Crippen molar-refractivity contribution in [1.29, 1.82) is 0 Å². The molecule has 0 bridgehead atoms. The molecule has 0 aromatic heterocycles. The van der Waals surface area contributed by atoms with Crippen molar-refractivity contribution >= 4 is 23.4 Å². The third-order valence-corrected chi connectivity index (χ3v) is 6.28. The van der Waals surface area contributed by atoms with E-state index >= 15 is 0 Å². The molecule has 0 spiro atoms. The lowest BCUT2D eigenvalue weighted by atomic mass is 9.95. The van der Waals surface area contributed by atoms with E-state index in [2.05, 4.69) is 10.2 Å². The van der Waals surface area contributed by atoms with Crippen molar-refractivity contribution in [3.63, 3.8) is 0 Å². The molecule has 6 heteroatoms. The lowest BCUT2D eigenvalue weighted by Crippen LogP contribution is -2.46. The van der Waals surface area contributed by atoms with E-state index in [1.807, 2.05) is 80.4 Å². The SMILES string of the molecule is CC(C)N(C)C(=O)C1CCN(CC(=O)NC(c2ccccc2)c2cccc(Cl)c2)CC1. The molecule has 5 nitrogen and oxygen atoms in total. The Bertz CT molecular complexity index is 879. The summed E-state index contributed by atoms with van der Waals surface area (Å²) in [5, 5.41) is 3.82. The smallest absolute Gasteiger partial charge is 0.234 e. The predicted molar refractivity (Wildman–Crippen MR) is 125 cm³/mol. The van der Waals surface area contributed by atoms with Gasteiger partial charge >= 0.3 is 0 Å². The Morgan fingerprint density at radius 2 is 1.71 bits per heavy atom. The zero-order valence-electron chi connectivity index (χ0n) is 18.6. The Kier molecular flexibility index (Phi) is 8.10. The lowest BCUT2D eigenvalue weighted by molar-refractivity contribution is -0.137. The number of rotatable bonds is 7. The van der Waals surface area contributed by atoms with Gasteiger partial charge in [0.05, 0.1) is 12.6 Å². The first-order chi connectivity index (χ1) is 14.8. The fraction of sp³-hybridized carbons (Fsp3) is 0.440. The molecule has 2 aromatic rings. The minimum atomic E-state index is -0.258. The molecule has 1 aliphatic rings. The average Bonchev–Trinajstić information content (AvgIpc) is 2.77. The van der Waals surface area contributed by atoms with E-state index in [9.17, 15) is 9.59 Å². The Morgan fingerprint density at radius 3 is 2.32 bits per heavy atom. The van der Waals surface area contributed by atoms with Crippen molar-refractivity contribution in [3.05, 3.63) is 70.7 Å². The highest BCUT2D eigenvalue weighted by atomic mass is 35.5. The maximum atomic E-state index is 12.9. The molecule has 1 aliphatic heterocycles. The van der Waals surface area contributed by atoms with Gasteiger partial charge < -0.3 is 10.2 Å². The second-order valence-electron chi connectivity index (χ2n) is 8.56. The van der Waals surface area contributed by atoms with Crippen molar-refractivity contribution in [1.82, 2.24) is 15.1 Å². The van der Waals surface area contributed by atoms with Crippen molar-refractivity contribution in [2.75, 3.05) is 26.7 Å². The van der Waals surface area contributed by atoms with Crippen LogP contribution in [0.5, 0.6) is 0 Å². The summed E-state index contributed by atoms with van der Waals surface area (Å²) in [4.78, 5) is 29.4. The Morgan fingerprint density at radius 1 is 1.06 bits per heavy atom. The highest BCUT2D eigenvalue weighted by molar-refractivity contribution is 6.30. The molecule has 0 radical (unpaired) electrons. The van der Waals surface area contributed by atoms with Gasteiger partial charge in [-0.05, 0) is 63.0 Å². The topological polar surface area (TPSA) is 52.7 Å². The largest absolute Gasteiger partial charge is 0.344 e. The number of piperidine rings is 1. The molecule has 0 aliphatic carbocycles. The summed E-state index contributed by atoms with van der Waals surface area (Å²) in [7, 11) is 1.87. The number of halogens is 1. The first-order valence-electron chi connectivity index (χ1n) is 10.9. The van der Waals surface area contributed by atoms with Gasteiger partial charge in [0.2, 0.25) is 11.8 Å². The van der Waals surface area contributed by atoms with Gasteiger partial charge in [0.1, 0.15) is 0 Å². The summed E-state index contributed by atoms with van der Waals surface area (Å²) in [5.74, 6) is 0.234. The molecular weight excluding hydrogens is 410 g/mol. The summed E-state index contributed by atoms with van der Waals surface area (Å²) < 4.78 is 0. The first kappa shape index (κ1) is 23.3. The number of carbonyl (C=O) groups is 2. The van der Waals surface area contributed by atoms with Crippen LogP contribution < -0.4 is 5.32 Å². The molecule has 1 saturated heterocycles. The molecule has 1 N–H and O–H groups in total. The standard InChI is InChI=1S/C25H32ClN3O2/c1-18(2)28(3)25(31)20-12-14-29(15-13-20)17-23(30)27-24(19-8-5-4-6-9-19)21-10-7-11-22(26)16-21/h4-11,16,18,20,24H,12-15,17H2,1-3H3,(H,27,30). The van der Waals surface area contributed by atoms with E-state index in [0.29, 0.717) is 11.6 Å². The molecule has 2 amide bonds. The van der Waals surface area contributed by atoms with E-state index < -0.39 is 0 Å². The van der Waals surface area contributed by atoms with Crippen LogP contribution in [0, 0.1) is 5.92 Å². The first-order valence-corrected chi connectivity index (χ1v) is 11.3. The van der Waals surface area contributed by atoms with Gasteiger partial charge in [-0.3, -0.25) is 14.5 Å². The van der Waals surface area contributed by atoms with Crippen LogP contribution in [0.1, 0.15) is 43.9 Å². The van der Waals surface area contributed by atoms with Crippen LogP contribution >= 0.6 is 11.6 Å². The van der Waals surface area contributed by atoms with Crippen LogP contribution in [0.3, 0.4) is 0 Å². The van der Waals surface area contributed by atoms with Crippen molar-refractivity contribution < 1.29 is 9.59 Å². The summed E-state index contributed by atoms with van der Waals surface area (Å²) >= 11 is 6.20. The number of likely N-dealkylation sites (tertiary alicyclic amines) is 1. The van der Waals surface area contributed by atoms with E-state index in [-0.39, 0.29) is 29.8 Å². The highest BCUT2D eigenvalue weighted by Gasteiger charge is 2.29. The van der Waals surface area contributed by atoms with Gasteiger partial charge in [-0.2, -0.15) is 0 Å². The third kappa shape index (κ3) is 6.31. The fourth-order valence-electron chi connectivity index (χ4n) is 3.98. The number of hydrogen-bond donors (Lipinski definition) is 1. The molecular formula is C25H32ClN3O2.